The second-order valence-electron chi connectivity index (χ2n) is 27.2. The molecule has 1 saturated carbocycles. The van der Waals surface area contributed by atoms with Gasteiger partial charge in [0, 0.05) is 107 Å². The maximum atomic E-state index is 13.7. The molecule has 0 bridgehead atoms. The van der Waals surface area contributed by atoms with Crippen LogP contribution in [0.2, 0.25) is 0 Å². The molecule has 3 spiro atoms. The third-order valence-corrected chi connectivity index (χ3v) is 21.3. The summed E-state index contributed by atoms with van der Waals surface area (Å²) in [5.74, 6) is 2.53. The first kappa shape index (κ1) is 64.0. The number of likely N-dealkylation sites (tertiary alicyclic amines) is 2. The lowest BCUT2D eigenvalue weighted by Crippen LogP contribution is -2.64. The summed E-state index contributed by atoms with van der Waals surface area (Å²) < 4.78 is 82.8. The van der Waals surface area contributed by atoms with E-state index in [1.165, 1.54) is 31.2 Å². The Kier molecular flexibility index (Phi) is 17.3. The van der Waals surface area contributed by atoms with Crippen LogP contribution in [0.5, 0.6) is 0 Å². The highest BCUT2D eigenvalue weighted by Gasteiger charge is 2.60. The van der Waals surface area contributed by atoms with Gasteiger partial charge < -0.3 is 38.2 Å². The molecule has 5 amide bonds. The van der Waals surface area contributed by atoms with E-state index in [-0.39, 0.29) is 55.5 Å². The van der Waals surface area contributed by atoms with E-state index in [0.717, 1.165) is 171 Å². The van der Waals surface area contributed by atoms with Crippen molar-refractivity contribution in [3.63, 3.8) is 0 Å². The zero-order valence-electron chi connectivity index (χ0n) is 53.6. The molecule has 0 radical (unpaired) electrons. The third kappa shape index (κ3) is 11.7. The van der Waals surface area contributed by atoms with E-state index in [1.54, 1.807) is 21.6 Å². The van der Waals surface area contributed by atoms with E-state index in [4.69, 9.17) is 15.0 Å². The minimum absolute atomic E-state index is 0.0126. The van der Waals surface area contributed by atoms with E-state index in [9.17, 15) is 50.3 Å². The van der Waals surface area contributed by atoms with Gasteiger partial charge in [0.05, 0.1) is 42.1 Å². The summed E-state index contributed by atoms with van der Waals surface area (Å²) in [6, 6.07) is 23.6. The number of hydrogen-bond acceptors (Lipinski definition) is 8. The van der Waals surface area contributed by atoms with Gasteiger partial charge in [-0.05, 0) is 144 Å². The minimum atomic E-state index is -4.19. The van der Waals surface area contributed by atoms with Crippen molar-refractivity contribution in [3.8, 4) is 0 Å². The van der Waals surface area contributed by atoms with E-state index in [2.05, 4.69) is 17.6 Å². The van der Waals surface area contributed by atoms with Gasteiger partial charge in [0.1, 0.15) is 28.3 Å². The number of aromatic nitrogens is 6. The zero-order valence-corrected chi connectivity index (χ0v) is 53.6. The van der Waals surface area contributed by atoms with Crippen molar-refractivity contribution >= 4 is 46.6 Å². The molecule has 8 heterocycles. The number of alkyl halides is 6. The normalized spacial score (nSPS) is 19.2. The number of benzene rings is 3. The molecule has 16 nitrogen and oxygen atoms in total. The summed E-state index contributed by atoms with van der Waals surface area (Å²) in [5, 5.41) is 0. The maximum absolute atomic E-state index is 13.7. The van der Waals surface area contributed by atoms with Crippen LogP contribution in [0.25, 0.3) is 0 Å². The van der Waals surface area contributed by atoms with Gasteiger partial charge in [-0.1, -0.05) is 74.4 Å². The number of rotatable bonds is 15. The van der Waals surface area contributed by atoms with E-state index in [0.29, 0.717) is 51.6 Å². The van der Waals surface area contributed by atoms with Gasteiger partial charge in [-0.3, -0.25) is 24.0 Å². The molecule has 22 heteroatoms. The molecular formula is C71H83F6N11O5. The van der Waals surface area contributed by atoms with Gasteiger partial charge >= 0.3 is 12.4 Å². The Hall–Kier alpha value is -7.78. The minimum Gasteiger partial charge on any atom is -0.340 e. The fraction of sp³-hybridized carbons (Fsp3) is 0.549. The number of nitrogens with zero attached hydrogens (tertiary/aromatic N) is 11. The summed E-state index contributed by atoms with van der Waals surface area (Å²) in [4.78, 5) is 87.8. The quantitative estimate of drug-likeness (QED) is 0.0921. The number of halogens is 6. The number of carbonyl (C=O) groups is 5. The zero-order chi connectivity index (χ0) is 65.2. The molecule has 3 fully saturated rings. The van der Waals surface area contributed by atoms with Crippen LogP contribution in [0.15, 0.2) is 72.8 Å². The van der Waals surface area contributed by atoms with Crippen LogP contribution < -0.4 is 14.7 Å². The molecule has 6 aromatic rings. The lowest BCUT2D eigenvalue weighted by molar-refractivity contribution is -0.143. The van der Waals surface area contributed by atoms with Crippen molar-refractivity contribution in [2.24, 2.45) is 0 Å². The molecule has 93 heavy (non-hydrogen) atoms. The van der Waals surface area contributed by atoms with E-state index >= 15 is 0 Å². The fourth-order valence-electron chi connectivity index (χ4n) is 16.3. The summed E-state index contributed by atoms with van der Waals surface area (Å²) in [6.07, 6.45) is 7.09. The Bertz CT molecular complexity index is 3860. The number of anilines is 3. The molecular weight excluding hydrogens is 1200 g/mol. The number of unbranched alkanes of at least 4 members (excludes halogenated alkanes) is 1. The highest BCUT2D eigenvalue weighted by Crippen LogP contribution is 2.54. The first-order valence-electron chi connectivity index (χ1n) is 33.7. The number of para-hydroxylation sites is 3. The van der Waals surface area contributed by atoms with Crippen molar-refractivity contribution in [2.45, 2.75) is 223 Å². The largest absolute Gasteiger partial charge is 0.389 e. The molecule has 3 aromatic carbocycles. The molecule has 0 N–H and O–H groups in total. The van der Waals surface area contributed by atoms with Crippen LogP contribution in [-0.4, -0.2) is 107 Å². The van der Waals surface area contributed by atoms with Gasteiger partial charge in [-0.25, -0.2) is 15.0 Å². The Morgan fingerprint density at radius 3 is 1.06 bits per heavy atom. The summed E-state index contributed by atoms with van der Waals surface area (Å²) in [5.41, 5.74) is 10.7. The van der Waals surface area contributed by atoms with E-state index in [1.807, 2.05) is 85.7 Å². The molecule has 2 saturated heterocycles. The van der Waals surface area contributed by atoms with Crippen LogP contribution in [0, 0.1) is 0 Å². The maximum Gasteiger partial charge on any atom is 0.389 e. The summed E-state index contributed by atoms with van der Waals surface area (Å²) in [7, 11) is 0. The summed E-state index contributed by atoms with van der Waals surface area (Å²) in [6.45, 7) is 9.52. The topological polar surface area (TPSA) is 155 Å². The molecule has 494 valence electrons. The molecule has 0 unspecified atom stereocenters. The lowest BCUT2D eigenvalue weighted by atomic mass is 9.65. The second kappa shape index (κ2) is 25.2. The number of imidazole rings is 3. The SMILES string of the molecule is CC(=O)N1CC2(C1)C(=O)N(Cc1nc3c(n1CCCC(F)(F)F)CCCC3)c1ccccc12.CCCCn1c(CN2C(=O)C3(CN(C(C)=O)C3)c3ccccc32)nc2c1CCCC2.O=C1N(Cc2nc3c(n2CCCC(F)(F)F)CCCC3)c2ccccc2C12CCC2. The monoisotopic (exact) mass is 1280 g/mol. The third-order valence-electron chi connectivity index (χ3n) is 21.3. The lowest BCUT2D eigenvalue weighted by Gasteiger charge is -2.46. The van der Waals surface area contributed by atoms with Crippen LogP contribution >= 0.6 is 0 Å². The van der Waals surface area contributed by atoms with Gasteiger partial charge in [0.15, 0.2) is 0 Å². The first-order valence-corrected chi connectivity index (χ1v) is 33.7. The Morgan fingerprint density at radius 1 is 0.441 bits per heavy atom. The number of aryl methyl sites for hydroxylation is 3. The van der Waals surface area contributed by atoms with Gasteiger partial charge in [-0.15, -0.1) is 0 Å². The standard InChI is InChI=1S/C24H27F3N4O2.C24H30N4O2.C23H26F3N3O/c1-16(32)29-14-23(15-29)17-7-2-4-9-19(17)31(22(23)33)13-21-28-18-8-3-5-10-20(18)30(21)12-6-11-24(25,26)27;1-3-4-13-27-21-12-8-6-10-19(21)25-22(27)14-28-20-11-7-5-9-18(20)24(23(28)30)15-26(16-24)17(2)29;24-23(25,26)13-6-14-28-19-10-4-2-8-17(19)27-20(28)15-29-18-9-3-1-7-16(18)22(21(29)30)11-5-12-22/h2,4,7,9H,3,5-6,8,10-15H2,1H3;5,7,9,11H,3-4,6,8,10,12-16H2,1-2H3;1,3,7,9H,2,4-6,8,10-15H2. The van der Waals surface area contributed by atoms with Crippen molar-refractivity contribution in [3.05, 3.63) is 141 Å². The number of fused-ring (bicyclic) bond motifs is 9. The van der Waals surface area contributed by atoms with Crippen molar-refractivity contribution < 1.29 is 50.3 Å². The Balaban J connectivity index is 0.000000127. The average molecular weight is 1280 g/mol. The molecule has 5 aliphatic heterocycles. The number of amides is 5. The van der Waals surface area contributed by atoms with Crippen molar-refractivity contribution in [1.82, 2.24) is 38.5 Å². The highest BCUT2D eigenvalue weighted by atomic mass is 19.4. The number of carbonyl (C=O) groups excluding carboxylic acids is 5. The summed E-state index contributed by atoms with van der Waals surface area (Å²) >= 11 is 0. The number of hydrogen-bond donors (Lipinski definition) is 0. The van der Waals surface area contributed by atoms with Crippen LogP contribution in [-0.2, 0) is 118 Å². The van der Waals surface area contributed by atoms with Gasteiger partial charge in [0.25, 0.3) is 0 Å². The second-order valence-corrected chi connectivity index (χ2v) is 27.2. The Labute approximate surface area is 538 Å². The smallest absolute Gasteiger partial charge is 0.340 e. The van der Waals surface area contributed by atoms with Crippen molar-refractivity contribution in [1.29, 1.82) is 0 Å². The molecule has 0 atom stereocenters. The predicted octanol–water partition coefficient (Wildman–Crippen LogP) is 12.0. The highest BCUT2D eigenvalue weighted by molar-refractivity contribution is 6.11. The first-order chi connectivity index (χ1) is 44.6. The predicted molar refractivity (Wildman–Crippen MR) is 338 cm³/mol. The molecule has 4 aliphatic carbocycles. The average Bonchev–Trinajstić information content (AvgIpc) is 1.59. The van der Waals surface area contributed by atoms with Gasteiger partial charge in [-0.2, -0.15) is 26.3 Å². The van der Waals surface area contributed by atoms with Crippen LogP contribution in [0.3, 0.4) is 0 Å². The fourth-order valence-corrected chi connectivity index (χ4v) is 16.3. The molecule has 3 aromatic heterocycles. The molecule has 9 aliphatic rings. The Morgan fingerprint density at radius 2 is 0.753 bits per heavy atom. The van der Waals surface area contributed by atoms with E-state index < -0.39 is 41.4 Å². The van der Waals surface area contributed by atoms with Crippen molar-refractivity contribution in [2.75, 3.05) is 40.9 Å². The molecule has 15 rings (SSSR count). The van der Waals surface area contributed by atoms with Gasteiger partial charge in [0.2, 0.25) is 29.5 Å². The van der Waals surface area contributed by atoms with Crippen LogP contribution in [0.1, 0.15) is 185 Å². The van der Waals surface area contributed by atoms with Crippen LogP contribution in [0.4, 0.5) is 43.4 Å².